The number of aliphatic imine (C=N–C) groups is 1. The van der Waals surface area contributed by atoms with Crippen molar-refractivity contribution in [2.24, 2.45) is 4.99 Å². The summed E-state index contributed by atoms with van der Waals surface area (Å²) in [7, 11) is 0. The predicted molar refractivity (Wildman–Crippen MR) is 63.8 cm³/mol. The summed E-state index contributed by atoms with van der Waals surface area (Å²) in [5.74, 6) is 0. The molecule has 1 aromatic rings. The lowest BCUT2D eigenvalue weighted by molar-refractivity contribution is 1.21. The zero-order chi connectivity index (χ0) is 10.2. The van der Waals surface area contributed by atoms with Crippen LogP contribution in [0, 0.1) is 0 Å². The van der Waals surface area contributed by atoms with E-state index < -0.39 is 0 Å². The van der Waals surface area contributed by atoms with Gasteiger partial charge in [0.2, 0.25) is 0 Å². The molecule has 1 heterocycles. The molecule has 0 fully saturated rings. The Hall–Kier alpha value is -1.22. The summed E-state index contributed by atoms with van der Waals surface area (Å²) in [4.78, 5) is 9.52. The normalized spacial score (nSPS) is 12.4. The third-order valence-corrected chi connectivity index (χ3v) is 2.38. The summed E-state index contributed by atoms with van der Waals surface area (Å²) >= 11 is 1.62. The molecule has 74 valence electrons. The lowest BCUT2D eigenvalue weighted by atomic mass is 10.3. The molecule has 0 spiro atoms. The van der Waals surface area contributed by atoms with Crippen molar-refractivity contribution in [1.82, 2.24) is 4.98 Å². The maximum Gasteiger partial charge on any atom is 0.0994 e. The van der Waals surface area contributed by atoms with Gasteiger partial charge in [-0.05, 0) is 19.4 Å². The van der Waals surface area contributed by atoms with Crippen LogP contribution in [0.1, 0.15) is 30.8 Å². The van der Waals surface area contributed by atoms with Crippen LogP contribution in [-0.2, 0) is 0 Å². The van der Waals surface area contributed by atoms with E-state index >= 15 is 0 Å². The number of thiazole rings is 1. The summed E-state index contributed by atoms with van der Waals surface area (Å²) in [6, 6.07) is 0. The van der Waals surface area contributed by atoms with Gasteiger partial charge in [0.05, 0.1) is 22.3 Å². The molecule has 1 rings (SSSR count). The van der Waals surface area contributed by atoms with Gasteiger partial charge in [0.15, 0.2) is 0 Å². The second-order valence-electron chi connectivity index (χ2n) is 2.67. The number of nitrogens with zero attached hydrogens (tertiary/aromatic N) is 2. The molecule has 0 unspecified atom stereocenters. The molecule has 0 saturated carbocycles. The van der Waals surface area contributed by atoms with Gasteiger partial charge in [-0.3, -0.25) is 4.99 Å². The first kappa shape index (κ1) is 10.9. The van der Waals surface area contributed by atoms with Crippen molar-refractivity contribution in [2.75, 3.05) is 0 Å². The van der Waals surface area contributed by atoms with E-state index in [0.29, 0.717) is 0 Å². The van der Waals surface area contributed by atoms with E-state index in [0.717, 1.165) is 17.0 Å². The lowest BCUT2D eigenvalue weighted by Crippen LogP contribution is -1.82. The van der Waals surface area contributed by atoms with Crippen LogP contribution in [0.3, 0.4) is 0 Å². The first-order valence-corrected chi connectivity index (χ1v) is 5.50. The van der Waals surface area contributed by atoms with Gasteiger partial charge in [-0.1, -0.05) is 19.1 Å². The molecule has 14 heavy (non-hydrogen) atoms. The van der Waals surface area contributed by atoms with Gasteiger partial charge in [0.1, 0.15) is 0 Å². The van der Waals surface area contributed by atoms with Gasteiger partial charge in [0, 0.05) is 6.20 Å². The van der Waals surface area contributed by atoms with Gasteiger partial charge >= 0.3 is 0 Å². The quantitative estimate of drug-likeness (QED) is 0.692. The molecular weight excluding hydrogens is 192 g/mol. The van der Waals surface area contributed by atoms with Crippen molar-refractivity contribution >= 4 is 23.6 Å². The second-order valence-corrected chi connectivity index (χ2v) is 3.56. The number of hydrogen-bond acceptors (Lipinski definition) is 3. The second kappa shape index (κ2) is 6.27. The van der Waals surface area contributed by atoms with Crippen molar-refractivity contribution in [3.8, 4) is 0 Å². The summed E-state index contributed by atoms with van der Waals surface area (Å²) in [6.07, 6.45) is 10.7. The van der Waals surface area contributed by atoms with Gasteiger partial charge in [-0.15, -0.1) is 11.3 Å². The van der Waals surface area contributed by atoms with E-state index in [1.54, 1.807) is 23.8 Å². The topological polar surface area (TPSA) is 25.2 Å². The Morgan fingerprint density at radius 1 is 1.57 bits per heavy atom. The maximum absolute atomic E-state index is 4.22. The highest BCUT2D eigenvalue weighted by Crippen LogP contribution is 2.13. The number of aromatic nitrogens is 1. The fourth-order valence-electron chi connectivity index (χ4n) is 0.917. The summed E-state index contributed by atoms with van der Waals surface area (Å²) < 4.78 is 0. The fourth-order valence-corrected chi connectivity index (χ4v) is 1.64. The van der Waals surface area contributed by atoms with E-state index in [1.165, 1.54) is 0 Å². The average molecular weight is 206 g/mol. The molecule has 0 saturated heterocycles. The van der Waals surface area contributed by atoms with E-state index in [-0.39, 0.29) is 0 Å². The molecule has 3 heteroatoms. The summed E-state index contributed by atoms with van der Waals surface area (Å²) in [5.41, 5.74) is 2.77. The smallest absolute Gasteiger partial charge is 0.0994 e. The molecule has 0 N–H and O–H groups in total. The molecule has 2 nitrogen and oxygen atoms in total. The van der Waals surface area contributed by atoms with Crippen LogP contribution >= 0.6 is 11.3 Å². The molecule has 0 radical (unpaired) electrons. The van der Waals surface area contributed by atoms with Gasteiger partial charge in [-0.2, -0.15) is 0 Å². The van der Waals surface area contributed by atoms with Gasteiger partial charge in [0.25, 0.3) is 0 Å². The third-order valence-electron chi connectivity index (χ3n) is 1.57. The highest BCUT2D eigenvalue weighted by Gasteiger charge is 1.97. The fraction of sp³-hybridized carbons (Fsp3) is 0.273. The van der Waals surface area contributed by atoms with Crippen LogP contribution in [0.25, 0.3) is 6.08 Å². The van der Waals surface area contributed by atoms with E-state index in [2.05, 4.69) is 16.9 Å². The molecule has 0 aliphatic carbocycles. The first-order valence-electron chi connectivity index (χ1n) is 4.62. The third kappa shape index (κ3) is 3.26. The Morgan fingerprint density at radius 2 is 2.43 bits per heavy atom. The zero-order valence-corrected chi connectivity index (χ0v) is 9.29. The van der Waals surface area contributed by atoms with Crippen molar-refractivity contribution in [3.05, 3.63) is 34.4 Å². The first-order chi connectivity index (χ1) is 6.88. The van der Waals surface area contributed by atoms with Crippen LogP contribution < -0.4 is 0 Å². The maximum atomic E-state index is 4.22. The SMILES string of the molecule is C/C=C\c1scnc1C=N/C=C/CC. The standard InChI is InChI=1S/C11H14N2S/c1-3-5-7-12-8-10-11(6-4-2)14-9-13-10/h4-9H,3H2,1-2H3/b6-4-,7-5+,12-8?. The molecule has 0 atom stereocenters. The summed E-state index contributed by atoms with van der Waals surface area (Å²) in [6.45, 7) is 4.08. The van der Waals surface area contributed by atoms with Crippen molar-refractivity contribution in [3.63, 3.8) is 0 Å². The monoisotopic (exact) mass is 206 g/mol. The number of allylic oxidation sites excluding steroid dienone is 2. The molecule has 0 aliphatic rings. The highest BCUT2D eigenvalue weighted by atomic mass is 32.1. The Kier molecular flexibility index (Phi) is 4.86. The average Bonchev–Trinajstić information content (AvgIpc) is 2.61. The van der Waals surface area contributed by atoms with E-state index in [1.807, 2.05) is 30.7 Å². The van der Waals surface area contributed by atoms with Crippen LogP contribution in [-0.4, -0.2) is 11.2 Å². The summed E-state index contributed by atoms with van der Waals surface area (Å²) in [5, 5.41) is 0. The number of rotatable bonds is 4. The van der Waals surface area contributed by atoms with Gasteiger partial charge in [-0.25, -0.2) is 4.98 Å². The Labute approximate surface area is 88.7 Å². The minimum absolute atomic E-state index is 0.939. The Morgan fingerprint density at radius 3 is 3.14 bits per heavy atom. The minimum atomic E-state index is 0.939. The molecule has 0 aliphatic heterocycles. The van der Waals surface area contributed by atoms with Crippen molar-refractivity contribution in [1.29, 1.82) is 0 Å². The zero-order valence-electron chi connectivity index (χ0n) is 8.47. The predicted octanol–water partition coefficient (Wildman–Crippen LogP) is 3.52. The van der Waals surface area contributed by atoms with Crippen LogP contribution in [0.15, 0.2) is 28.9 Å². The molecule has 1 aromatic heterocycles. The Bertz CT molecular complexity index is 348. The van der Waals surface area contributed by atoms with E-state index in [9.17, 15) is 0 Å². The van der Waals surface area contributed by atoms with Crippen LogP contribution in [0.2, 0.25) is 0 Å². The molecule has 0 aromatic carbocycles. The van der Waals surface area contributed by atoms with Crippen LogP contribution in [0.4, 0.5) is 0 Å². The number of hydrogen-bond donors (Lipinski definition) is 0. The van der Waals surface area contributed by atoms with Gasteiger partial charge < -0.3 is 0 Å². The lowest BCUT2D eigenvalue weighted by Gasteiger charge is -1.86. The van der Waals surface area contributed by atoms with Crippen LogP contribution in [0.5, 0.6) is 0 Å². The molecule has 0 bridgehead atoms. The highest BCUT2D eigenvalue weighted by molar-refractivity contribution is 7.10. The largest absolute Gasteiger partial charge is 0.263 e. The Balaban J connectivity index is 2.70. The van der Waals surface area contributed by atoms with Crippen molar-refractivity contribution < 1.29 is 0 Å². The molecular formula is C11H14N2S. The minimum Gasteiger partial charge on any atom is -0.263 e. The van der Waals surface area contributed by atoms with E-state index in [4.69, 9.17) is 0 Å². The van der Waals surface area contributed by atoms with Crippen molar-refractivity contribution in [2.45, 2.75) is 20.3 Å². The molecule has 0 amide bonds.